The summed E-state index contributed by atoms with van der Waals surface area (Å²) in [5.41, 5.74) is 3.83. The number of rotatable bonds is 9. The molecule has 228 valence electrons. The zero-order valence-electron chi connectivity index (χ0n) is 26.0. The Kier molecular flexibility index (Phi) is 9.50. The van der Waals surface area contributed by atoms with Crippen molar-refractivity contribution in [3.8, 4) is 0 Å². The first kappa shape index (κ1) is 30.5. The molecule has 3 saturated carbocycles. The van der Waals surface area contributed by atoms with Crippen molar-refractivity contribution < 1.29 is 28.5 Å². The Labute approximate surface area is 247 Å². The van der Waals surface area contributed by atoms with Crippen molar-refractivity contribution in [2.45, 2.75) is 123 Å². The normalized spacial score (nSPS) is 40.2. The maximum absolute atomic E-state index is 11.5. The van der Waals surface area contributed by atoms with Crippen molar-refractivity contribution in [1.29, 1.82) is 0 Å². The molecule has 5 aliphatic rings. The van der Waals surface area contributed by atoms with E-state index in [-0.39, 0.29) is 42.5 Å². The van der Waals surface area contributed by atoms with Crippen molar-refractivity contribution in [3.63, 3.8) is 0 Å². The maximum Gasteiger partial charge on any atom is 0.305 e. The van der Waals surface area contributed by atoms with Crippen molar-refractivity contribution in [2.75, 3.05) is 13.7 Å². The lowest BCUT2D eigenvalue weighted by molar-refractivity contribution is -0.191. The zero-order chi connectivity index (χ0) is 29.2. The van der Waals surface area contributed by atoms with Gasteiger partial charge in [-0.2, -0.15) is 0 Å². The largest absolute Gasteiger partial charge is 0.469 e. The van der Waals surface area contributed by atoms with Gasteiger partial charge in [0, 0.05) is 13.3 Å². The predicted molar refractivity (Wildman–Crippen MR) is 159 cm³/mol. The lowest BCUT2D eigenvalue weighted by atomic mass is 9.47. The molecule has 0 bridgehead atoms. The minimum atomic E-state index is -0.363. The summed E-state index contributed by atoms with van der Waals surface area (Å²) in [5.74, 6) is 2.63. The van der Waals surface area contributed by atoms with E-state index < -0.39 is 0 Å². The van der Waals surface area contributed by atoms with Crippen LogP contribution < -0.4 is 0 Å². The van der Waals surface area contributed by atoms with Crippen LogP contribution in [0.25, 0.3) is 0 Å². The summed E-state index contributed by atoms with van der Waals surface area (Å²) in [6.45, 7) is 9.20. The van der Waals surface area contributed by atoms with Gasteiger partial charge in [-0.1, -0.05) is 43.2 Å². The molecule has 41 heavy (non-hydrogen) atoms. The number of carbonyl (C=O) groups is 2. The van der Waals surface area contributed by atoms with Gasteiger partial charge in [-0.15, -0.1) is 0 Å². The summed E-state index contributed by atoms with van der Waals surface area (Å²) in [4.78, 5) is 22.7. The van der Waals surface area contributed by atoms with E-state index in [4.69, 9.17) is 18.9 Å². The van der Waals surface area contributed by atoms with Gasteiger partial charge in [0.05, 0.1) is 19.3 Å². The lowest BCUT2D eigenvalue weighted by Gasteiger charge is -2.58. The molecule has 9 atom stereocenters. The third-order valence-corrected chi connectivity index (χ3v) is 11.7. The molecule has 0 aromatic rings. The minimum absolute atomic E-state index is 0.106. The Balaban J connectivity index is 1.19. The molecule has 3 fully saturated rings. The van der Waals surface area contributed by atoms with Gasteiger partial charge in [-0.05, 0) is 118 Å². The van der Waals surface area contributed by atoms with E-state index in [0.29, 0.717) is 17.8 Å². The van der Waals surface area contributed by atoms with Gasteiger partial charge in [0.15, 0.2) is 6.29 Å². The molecule has 1 heterocycles. The molecule has 6 heteroatoms. The van der Waals surface area contributed by atoms with Gasteiger partial charge in [0.2, 0.25) is 0 Å². The van der Waals surface area contributed by atoms with E-state index >= 15 is 0 Å². The van der Waals surface area contributed by atoms with E-state index in [1.54, 1.807) is 11.1 Å². The van der Waals surface area contributed by atoms with Crippen molar-refractivity contribution in [1.82, 2.24) is 0 Å². The summed E-state index contributed by atoms with van der Waals surface area (Å²) in [7, 11) is 1.47. The fourth-order valence-corrected chi connectivity index (χ4v) is 9.53. The Hall–Kier alpha value is -1.92. The van der Waals surface area contributed by atoms with Crippen LogP contribution in [-0.4, -0.2) is 44.2 Å². The topological polar surface area (TPSA) is 71.1 Å². The van der Waals surface area contributed by atoms with Crippen molar-refractivity contribution >= 4 is 11.9 Å². The minimum Gasteiger partial charge on any atom is -0.469 e. The number of ether oxygens (including phenoxy) is 4. The molecule has 3 unspecified atom stereocenters. The molecule has 0 N–H and O–H groups in total. The number of carbonyl (C=O) groups excluding carboxylic acids is 2. The summed E-state index contributed by atoms with van der Waals surface area (Å²) in [6, 6.07) is 0. The highest BCUT2D eigenvalue weighted by molar-refractivity contribution is 5.69. The Bertz CT molecular complexity index is 1060. The van der Waals surface area contributed by atoms with Gasteiger partial charge in [-0.25, -0.2) is 0 Å². The fraction of sp³-hybridized carbons (Fsp3) is 0.771. The highest BCUT2D eigenvalue weighted by atomic mass is 16.7. The van der Waals surface area contributed by atoms with E-state index in [2.05, 4.69) is 39.0 Å². The first-order chi connectivity index (χ1) is 19.6. The van der Waals surface area contributed by atoms with Gasteiger partial charge in [0.25, 0.3) is 0 Å². The molecule has 0 spiro atoms. The number of methoxy groups -OCH3 is 1. The highest BCUT2D eigenvalue weighted by Gasteiger charge is 2.58. The van der Waals surface area contributed by atoms with E-state index in [9.17, 15) is 9.59 Å². The third-order valence-electron chi connectivity index (χ3n) is 11.7. The fourth-order valence-electron chi connectivity index (χ4n) is 9.53. The van der Waals surface area contributed by atoms with Crippen LogP contribution in [0.5, 0.6) is 0 Å². The van der Waals surface area contributed by atoms with Crippen LogP contribution in [0.1, 0.15) is 105 Å². The van der Waals surface area contributed by atoms with Gasteiger partial charge >= 0.3 is 11.9 Å². The monoisotopic (exact) mass is 568 g/mol. The first-order valence-corrected chi connectivity index (χ1v) is 16.2. The van der Waals surface area contributed by atoms with Crippen LogP contribution in [0, 0.1) is 34.5 Å². The number of allylic oxidation sites excluding steroid dienone is 3. The van der Waals surface area contributed by atoms with E-state index in [1.165, 1.54) is 52.6 Å². The van der Waals surface area contributed by atoms with E-state index in [1.807, 2.05) is 6.08 Å². The molecule has 1 aliphatic heterocycles. The molecule has 6 nitrogen and oxygen atoms in total. The van der Waals surface area contributed by atoms with Crippen LogP contribution in [0.3, 0.4) is 0 Å². The van der Waals surface area contributed by atoms with Gasteiger partial charge < -0.3 is 18.9 Å². The molecule has 0 aromatic carbocycles. The van der Waals surface area contributed by atoms with E-state index in [0.717, 1.165) is 49.9 Å². The second kappa shape index (κ2) is 12.8. The SMILES string of the molecule is COC(=O)CCC/C=C(\C)[C@H]1CCC2[C@@H]3CC=C4C[C@@H](OC5C=CC[C@@H](COC(C)=O)O5)CC[C@]4(C)C3CC[C@@]21C. The molecular weight excluding hydrogens is 516 g/mol. The zero-order valence-corrected chi connectivity index (χ0v) is 26.0. The molecule has 0 saturated heterocycles. The van der Waals surface area contributed by atoms with Gasteiger partial charge in [0.1, 0.15) is 6.61 Å². The first-order valence-electron chi connectivity index (χ1n) is 16.2. The second-order valence-corrected chi connectivity index (χ2v) is 13.9. The smallest absolute Gasteiger partial charge is 0.305 e. The number of hydrogen-bond donors (Lipinski definition) is 0. The standard InChI is InChI=1S/C35H52O6/c1-23(9-6-7-11-32(37)38-5)29-15-16-30-28-14-13-25-21-26(17-19-34(25,3)31(28)18-20-35(29,30)4)40-33-12-8-10-27(41-33)22-39-24(2)36/h8-9,12-13,26-31,33H,6-7,10-11,14-22H2,1-5H3/b23-9+/t26-,27-,28-,29+,30?,31?,33?,34-,35+/m0/s1. The average Bonchev–Trinajstić information content (AvgIpc) is 3.31. The molecule has 5 rings (SSSR count). The van der Waals surface area contributed by atoms with Crippen molar-refractivity contribution in [3.05, 3.63) is 35.5 Å². The summed E-state index contributed by atoms with van der Waals surface area (Å²) < 4.78 is 22.5. The van der Waals surface area contributed by atoms with Gasteiger partial charge in [-0.3, -0.25) is 9.59 Å². The predicted octanol–water partition coefficient (Wildman–Crippen LogP) is 7.47. The van der Waals surface area contributed by atoms with Crippen LogP contribution in [0.4, 0.5) is 0 Å². The number of fused-ring (bicyclic) bond motifs is 5. The number of esters is 2. The Morgan fingerprint density at radius 1 is 1.07 bits per heavy atom. The Morgan fingerprint density at radius 2 is 1.90 bits per heavy atom. The van der Waals surface area contributed by atoms with Crippen LogP contribution in [-0.2, 0) is 28.5 Å². The lowest BCUT2D eigenvalue weighted by Crippen LogP contribution is -2.50. The maximum atomic E-state index is 11.5. The summed E-state index contributed by atoms with van der Waals surface area (Å²) >= 11 is 0. The van der Waals surface area contributed by atoms with Crippen LogP contribution >= 0.6 is 0 Å². The Morgan fingerprint density at radius 3 is 2.68 bits per heavy atom. The summed E-state index contributed by atoms with van der Waals surface area (Å²) in [5, 5.41) is 0. The number of unbranched alkanes of at least 4 members (excludes halogenated alkanes) is 1. The highest BCUT2D eigenvalue weighted by Crippen LogP contribution is 2.67. The molecule has 4 aliphatic carbocycles. The molecular formula is C35H52O6. The van der Waals surface area contributed by atoms with Crippen molar-refractivity contribution in [2.24, 2.45) is 34.5 Å². The quantitative estimate of drug-likeness (QED) is 0.163. The number of hydrogen-bond acceptors (Lipinski definition) is 6. The molecule has 0 radical (unpaired) electrons. The summed E-state index contributed by atoms with van der Waals surface area (Å²) in [6.07, 6.45) is 21.6. The molecule has 0 amide bonds. The second-order valence-electron chi connectivity index (χ2n) is 13.9. The van der Waals surface area contributed by atoms with Crippen LogP contribution in [0.2, 0.25) is 0 Å². The average molecular weight is 569 g/mol. The third kappa shape index (κ3) is 6.39. The molecule has 0 aromatic heterocycles. The van der Waals surface area contributed by atoms with Crippen LogP contribution in [0.15, 0.2) is 35.5 Å².